The summed E-state index contributed by atoms with van der Waals surface area (Å²) >= 11 is 3.74. The summed E-state index contributed by atoms with van der Waals surface area (Å²) in [7, 11) is 0. The number of thioether (sulfide) groups is 1. The molecule has 3 heterocycles. The Morgan fingerprint density at radius 1 is 1.43 bits per heavy atom. The zero-order valence-electron chi connectivity index (χ0n) is 7.43. The van der Waals surface area contributed by atoms with Gasteiger partial charge in [-0.15, -0.1) is 11.3 Å². The second-order valence-corrected chi connectivity index (χ2v) is 5.37. The predicted molar refractivity (Wildman–Crippen MR) is 61.6 cm³/mol. The van der Waals surface area contributed by atoms with Crippen molar-refractivity contribution in [3.63, 3.8) is 0 Å². The molecule has 69 valence electrons. The topological polar surface area (TPSA) is 12.9 Å². The highest BCUT2D eigenvalue weighted by molar-refractivity contribution is 8.06. The van der Waals surface area contributed by atoms with Crippen molar-refractivity contribution in [2.45, 2.75) is 5.25 Å². The van der Waals surface area contributed by atoms with Gasteiger partial charge in [0.2, 0.25) is 0 Å². The van der Waals surface area contributed by atoms with E-state index in [1.54, 1.807) is 11.3 Å². The SMILES string of the molecule is [c]1nccc(C2CS2)c1-c1cccs1. The number of nitrogens with zero attached hydrogens (tertiary/aromatic N) is 1. The lowest BCUT2D eigenvalue weighted by atomic mass is 10.1. The minimum Gasteiger partial charge on any atom is -0.254 e. The molecule has 0 N–H and O–H groups in total. The number of hydrogen-bond donors (Lipinski definition) is 0. The smallest absolute Gasteiger partial charge is 0.0982 e. The molecule has 1 saturated heterocycles. The molecule has 0 saturated carbocycles. The highest BCUT2D eigenvalue weighted by Gasteiger charge is 2.27. The number of pyridine rings is 1. The Labute approximate surface area is 91.2 Å². The van der Waals surface area contributed by atoms with Gasteiger partial charge in [-0.25, -0.2) is 0 Å². The highest BCUT2D eigenvalue weighted by atomic mass is 32.2. The third kappa shape index (κ3) is 1.47. The van der Waals surface area contributed by atoms with E-state index in [9.17, 15) is 0 Å². The van der Waals surface area contributed by atoms with Gasteiger partial charge in [-0.1, -0.05) is 6.07 Å². The third-order valence-electron chi connectivity index (χ3n) is 2.24. The summed E-state index contributed by atoms with van der Waals surface area (Å²) in [5, 5.41) is 2.78. The fraction of sp³-hybridized carbons (Fsp3) is 0.182. The molecule has 0 amide bonds. The van der Waals surface area contributed by atoms with Crippen molar-refractivity contribution in [3.8, 4) is 10.4 Å². The quantitative estimate of drug-likeness (QED) is 0.717. The van der Waals surface area contributed by atoms with Crippen molar-refractivity contribution in [1.82, 2.24) is 4.98 Å². The lowest BCUT2D eigenvalue weighted by Gasteiger charge is -2.03. The van der Waals surface area contributed by atoms with Gasteiger partial charge in [0.1, 0.15) is 0 Å². The summed E-state index contributed by atoms with van der Waals surface area (Å²) in [6.07, 6.45) is 4.95. The van der Waals surface area contributed by atoms with Crippen molar-refractivity contribution in [2.24, 2.45) is 0 Å². The van der Waals surface area contributed by atoms with Crippen LogP contribution in [0.1, 0.15) is 10.8 Å². The van der Waals surface area contributed by atoms with Crippen molar-refractivity contribution >= 4 is 23.1 Å². The molecule has 0 aromatic carbocycles. The van der Waals surface area contributed by atoms with Gasteiger partial charge in [-0.2, -0.15) is 11.8 Å². The summed E-state index contributed by atoms with van der Waals surface area (Å²) < 4.78 is 0. The summed E-state index contributed by atoms with van der Waals surface area (Å²) in [6.45, 7) is 0. The molecular formula is C11H8NS2. The Kier molecular flexibility index (Phi) is 2.07. The maximum Gasteiger partial charge on any atom is 0.0982 e. The van der Waals surface area contributed by atoms with Crippen LogP contribution in [0.25, 0.3) is 10.4 Å². The van der Waals surface area contributed by atoms with E-state index in [0.717, 1.165) is 0 Å². The minimum absolute atomic E-state index is 0.686. The molecule has 14 heavy (non-hydrogen) atoms. The molecule has 1 atom stereocenters. The molecule has 0 aliphatic carbocycles. The van der Waals surface area contributed by atoms with E-state index in [1.807, 2.05) is 18.0 Å². The largest absolute Gasteiger partial charge is 0.254 e. The van der Waals surface area contributed by atoms with Gasteiger partial charge in [-0.3, -0.25) is 4.98 Å². The van der Waals surface area contributed by atoms with Crippen LogP contribution in [0.15, 0.2) is 29.8 Å². The Balaban J connectivity index is 2.12. The summed E-state index contributed by atoms with van der Waals surface area (Å²) in [5.74, 6) is 1.25. The van der Waals surface area contributed by atoms with Crippen LogP contribution in [0.3, 0.4) is 0 Å². The third-order valence-corrected chi connectivity index (χ3v) is 4.05. The van der Waals surface area contributed by atoms with Gasteiger partial charge in [0, 0.05) is 27.6 Å². The molecule has 1 nitrogen and oxygen atoms in total. The molecule has 1 radical (unpaired) electrons. The van der Waals surface area contributed by atoms with E-state index in [-0.39, 0.29) is 0 Å². The molecule has 3 rings (SSSR count). The van der Waals surface area contributed by atoms with Crippen LogP contribution in [0.5, 0.6) is 0 Å². The van der Waals surface area contributed by atoms with E-state index in [0.29, 0.717) is 5.25 Å². The van der Waals surface area contributed by atoms with Crippen molar-refractivity contribution in [3.05, 3.63) is 41.5 Å². The fourth-order valence-corrected chi connectivity index (χ4v) is 2.88. The van der Waals surface area contributed by atoms with Crippen LogP contribution >= 0.6 is 23.1 Å². The van der Waals surface area contributed by atoms with Gasteiger partial charge in [0.25, 0.3) is 0 Å². The van der Waals surface area contributed by atoms with Crippen molar-refractivity contribution < 1.29 is 0 Å². The van der Waals surface area contributed by atoms with Crippen molar-refractivity contribution in [2.75, 3.05) is 5.75 Å². The van der Waals surface area contributed by atoms with E-state index in [4.69, 9.17) is 0 Å². The van der Waals surface area contributed by atoms with Crippen molar-refractivity contribution in [1.29, 1.82) is 0 Å². The Morgan fingerprint density at radius 3 is 3.07 bits per heavy atom. The second kappa shape index (κ2) is 3.41. The summed E-state index contributed by atoms with van der Waals surface area (Å²) in [6, 6.07) is 6.33. The number of hydrogen-bond acceptors (Lipinski definition) is 3. The van der Waals surface area contributed by atoms with Crippen LogP contribution in [-0.4, -0.2) is 10.7 Å². The first kappa shape index (κ1) is 8.50. The van der Waals surface area contributed by atoms with Gasteiger partial charge < -0.3 is 0 Å². The van der Waals surface area contributed by atoms with Crippen LogP contribution in [0.4, 0.5) is 0 Å². The van der Waals surface area contributed by atoms with E-state index in [2.05, 4.69) is 34.8 Å². The van der Waals surface area contributed by atoms with Crippen LogP contribution in [0.2, 0.25) is 0 Å². The summed E-state index contributed by atoms with van der Waals surface area (Å²) in [4.78, 5) is 5.36. The lowest BCUT2D eigenvalue weighted by Crippen LogP contribution is -1.86. The van der Waals surface area contributed by atoms with Crippen LogP contribution in [0, 0.1) is 6.20 Å². The number of rotatable bonds is 2. The maximum atomic E-state index is 4.08. The number of thiophene rings is 1. The molecule has 0 bridgehead atoms. The zero-order valence-corrected chi connectivity index (χ0v) is 9.07. The second-order valence-electron chi connectivity index (χ2n) is 3.19. The lowest BCUT2D eigenvalue weighted by molar-refractivity contribution is 1.19. The molecule has 2 aromatic rings. The van der Waals surface area contributed by atoms with Gasteiger partial charge >= 0.3 is 0 Å². The fourth-order valence-electron chi connectivity index (χ4n) is 1.48. The minimum atomic E-state index is 0.686. The highest BCUT2D eigenvalue weighted by Crippen LogP contribution is 2.49. The van der Waals surface area contributed by atoms with E-state index >= 15 is 0 Å². The average Bonchev–Trinajstić information content (AvgIpc) is 2.94. The molecular weight excluding hydrogens is 210 g/mol. The average molecular weight is 218 g/mol. The standard InChI is InChI=1S/C11H8NS2/c1-2-10(13-5-1)9-6-12-4-3-8(9)11-7-14-11/h1-5,11H,7H2. The normalized spacial score (nSPS) is 19.6. The molecule has 1 aliphatic rings. The maximum absolute atomic E-state index is 4.08. The molecule has 1 aliphatic heterocycles. The monoisotopic (exact) mass is 218 g/mol. The molecule has 2 aromatic heterocycles. The molecule has 1 fully saturated rings. The molecule has 0 spiro atoms. The van der Waals surface area contributed by atoms with Gasteiger partial charge in [0.05, 0.1) is 6.20 Å². The first-order valence-electron chi connectivity index (χ1n) is 4.47. The van der Waals surface area contributed by atoms with E-state index < -0.39 is 0 Å². The van der Waals surface area contributed by atoms with Gasteiger partial charge in [0.15, 0.2) is 0 Å². The van der Waals surface area contributed by atoms with E-state index in [1.165, 1.54) is 21.8 Å². The number of aromatic nitrogens is 1. The zero-order chi connectivity index (χ0) is 9.38. The Hall–Kier alpha value is -0.800. The Morgan fingerprint density at radius 2 is 2.36 bits per heavy atom. The predicted octanol–water partition coefficient (Wildman–Crippen LogP) is 3.40. The molecule has 3 heteroatoms. The van der Waals surface area contributed by atoms with Gasteiger partial charge in [-0.05, 0) is 23.1 Å². The van der Waals surface area contributed by atoms with Crippen LogP contribution < -0.4 is 0 Å². The Bertz CT molecular complexity index is 432. The first-order valence-corrected chi connectivity index (χ1v) is 6.40. The molecule has 1 unspecified atom stereocenters. The first-order chi connectivity index (χ1) is 6.95. The summed E-state index contributed by atoms with van der Waals surface area (Å²) in [5.41, 5.74) is 2.59. The van der Waals surface area contributed by atoms with Crippen LogP contribution in [-0.2, 0) is 0 Å².